The molecule has 112 valence electrons. The number of nitrogens with two attached hydrogens (primary N) is 1. The van der Waals surface area contributed by atoms with Crippen LogP contribution in [0.3, 0.4) is 0 Å². The number of rotatable bonds is 4. The van der Waals surface area contributed by atoms with Gasteiger partial charge in [0, 0.05) is 24.5 Å². The van der Waals surface area contributed by atoms with Crippen LogP contribution in [0.4, 0.5) is 11.4 Å². The molecule has 1 rings (SSSR count). The summed E-state index contributed by atoms with van der Waals surface area (Å²) in [5, 5.41) is 2.89. The minimum atomic E-state index is -0.533. The second-order valence-electron chi connectivity index (χ2n) is 6.59. The van der Waals surface area contributed by atoms with Crippen LogP contribution in [-0.4, -0.2) is 25.0 Å². The van der Waals surface area contributed by atoms with E-state index in [1.165, 1.54) is 0 Å². The summed E-state index contributed by atoms with van der Waals surface area (Å²) in [5.74, 6) is -0.151. The fourth-order valence-corrected chi connectivity index (χ4v) is 1.71. The first-order valence-corrected chi connectivity index (χ1v) is 7.02. The molecular formula is C16H27N3O. The maximum atomic E-state index is 12.1. The molecule has 0 unspecified atom stereocenters. The topological polar surface area (TPSA) is 58.4 Å². The molecule has 0 bridgehead atoms. The van der Waals surface area contributed by atoms with Crippen molar-refractivity contribution >= 4 is 17.3 Å². The molecule has 0 aromatic heterocycles. The normalized spacial score (nSPS) is 13.2. The minimum absolute atomic E-state index is 0.151. The van der Waals surface area contributed by atoms with Crippen molar-refractivity contribution in [3.8, 4) is 0 Å². The fourth-order valence-electron chi connectivity index (χ4n) is 1.71. The molecule has 0 aliphatic heterocycles. The Morgan fingerprint density at radius 3 is 2.40 bits per heavy atom. The van der Waals surface area contributed by atoms with E-state index in [0.29, 0.717) is 6.04 Å². The first kappa shape index (κ1) is 16.5. The smallest absolute Gasteiger partial charge is 0.241 e. The van der Waals surface area contributed by atoms with Gasteiger partial charge in [-0.3, -0.25) is 4.79 Å². The Morgan fingerprint density at radius 2 is 1.90 bits per heavy atom. The highest BCUT2D eigenvalue weighted by Gasteiger charge is 2.27. The molecule has 4 heteroatoms. The van der Waals surface area contributed by atoms with Crippen LogP contribution in [0.5, 0.6) is 0 Å². The number of anilines is 2. The molecule has 3 N–H and O–H groups in total. The van der Waals surface area contributed by atoms with Gasteiger partial charge in [0.1, 0.15) is 0 Å². The predicted octanol–water partition coefficient (Wildman–Crippen LogP) is 2.84. The fraction of sp³-hybridized carbons (Fsp3) is 0.562. The van der Waals surface area contributed by atoms with Crippen LogP contribution in [0.1, 0.15) is 34.6 Å². The van der Waals surface area contributed by atoms with E-state index in [-0.39, 0.29) is 11.3 Å². The van der Waals surface area contributed by atoms with Gasteiger partial charge < -0.3 is 16.0 Å². The molecule has 1 atom stereocenters. The van der Waals surface area contributed by atoms with Crippen molar-refractivity contribution in [1.82, 2.24) is 0 Å². The van der Waals surface area contributed by atoms with Gasteiger partial charge in [-0.25, -0.2) is 0 Å². The largest absolute Gasteiger partial charge is 0.372 e. The van der Waals surface area contributed by atoms with E-state index < -0.39 is 6.04 Å². The van der Waals surface area contributed by atoms with E-state index in [0.717, 1.165) is 11.4 Å². The number of hydrogen-bond donors (Lipinski definition) is 2. The molecule has 1 amide bonds. The van der Waals surface area contributed by atoms with Gasteiger partial charge in [0.15, 0.2) is 0 Å². The maximum Gasteiger partial charge on any atom is 0.241 e. The van der Waals surface area contributed by atoms with E-state index in [1.54, 1.807) is 0 Å². The summed E-state index contributed by atoms with van der Waals surface area (Å²) in [7, 11) is 2.03. The van der Waals surface area contributed by atoms with E-state index in [4.69, 9.17) is 5.73 Å². The van der Waals surface area contributed by atoms with Gasteiger partial charge in [0.2, 0.25) is 5.91 Å². The number of hydrogen-bond acceptors (Lipinski definition) is 3. The number of nitrogens with one attached hydrogen (secondary N) is 1. The molecule has 0 aliphatic rings. The highest BCUT2D eigenvalue weighted by atomic mass is 16.2. The van der Waals surface area contributed by atoms with E-state index in [9.17, 15) is 4.79 Å². The lowest BCUT2D eigenvalue weighted by atomic mass is 9.87. The SMILES string of the molecule is CC(C)N(C)c1cccc(NC(=O)[C@@H](N)C(C)(C)C)c1. The maximum absolute atomic E-state index is 12.1. The quantitative estimate of drug-likeness (QED) is 0.889. The number of amides is 1. The molecular weight excluding hydrogens is 250 g/mol. The third-order valence-electron chi connectivity index (χ3n) is 3.51. The van der Waals surface area contributed by atoms with Crippen molar-refractivity contribution in [1.29, 1.82) is 0 Å². The number of carbonyl (C=O) groups excluding carboxylic acids is 1. The van der Waals surface area contributed by atoms with Gasteiger partial charge in [-0.1, -0.05) is 26.8 Å². The first-order valence-electron chi connectivity index (χ1n) is 7.02. The minimum Gasteiger partial charge on any atom is -0.372 e. The Labute approximate surface area is 122 Å². The molecule has 0 saturated carbocycles. The third-order valence-corrected chi connectivity index (χ3v) is 3.51. The van der Waals surface area contributed by atoms with Crippen molar-refractivity contribution < 1.29 is 4.79 Å². The van der Waals surface area contributed by atoms with Gasteiger partial charge in [-0.2, -0.15) is 0 Å². The third kappa shape index (κ3) is 4.23. The molecule has 0 aliphatic carbocycles. The average Bonchev–Trinajstić information content (AvgIpc) is 2.35. The van der Waals surface area contributed by atoms with Crippen LogP contribution < -0.4 is 16.0 Å². The molecule has 0 saturated heterocycles. The monoisotopic (exact) mass is 277 g/mol. The zero-order valence-electron chi connectivity index (χ0n) is 13.4. The lowest BCUT2D eigenvalue weighted by molar-refractivity contribution is -0.119. The number of benzene rings is 1. The summed E-state index contributed by atoms with van der Waals surface area (Å²) in [6.07, 6.45) is 0. The second-order valence-corrected chi connectivity index (χ2v) is 6.59. The summed E-state index contributed by atoms with van der Waals surface area (Å²) in [4.78, 5) is 14.3. The Kier molecular flexibility index (Phi) is 5.17. The molecule has 20 heavy (non-hydrogen) atoms. The molecule has 0 spiro atoms. The van der Waals surface area contributed by atoms with E-state index in [2.05, 4.69) is 24.1 Å². The van der Waals surface area contributed by atoms with Crippen LogP contribution in [0.2, 0.25) is 0 Å². The molecule has 1 aromatic rings. The van der Waals surface area contributed by atoms with Crippen LogP contribution in [-0.2, 0) is 4.79 Å². The molecule has 0 fully saturated rings. The van der Waals surface area contributed by atoms with Gasteiger partial charge in [-0.15, -0.1) is 0 Å². The predicted molar refractivity (Wildman–Crippen MR) is 86.0 cm³/mol. The summed E-state index contributed by atoms with van der Waals surface area (Å²) in [6, 6.07) is 7.68. The van der Waals surface area contributed by atoms with Gasteiger partial charge in [0.25, 0.3) is 0 Å². The molecule has 0 radical (unpaired) electrons. The van der Waals surface area contributed by atoms with E-state index >= 15 is 0 Å². The second kappa shape index (κ2) is 6.27. The van der Waals surface area contributed by atoms with Crippen molar-refractivity contribution in [2.75, 3.05) is 17.3 Å². The highest BCUT2D eigenvalue weighted by molar-refractivity contribution is 5.95. The van der Waals surface area contributed by atoms with E-state index in [1.807, 2.05) is 52.1 Å². The van der Waals surface area contributed by atoms with Crippen LogP contribution in [0.15, 0.2) is 24.3 Å². The zero-order valence-corrected chi connectivity index (χ0v) is 13.4. The number of nitrogens with zero attached hydrogens (tertiary/aromatic N) is 1. The summed E-state index contributed by atoms with van der Waals surface area (Å²) >= 11 is 0. The van der Waals surface area contributed by atoms with Crippen LogP contribution >= 0.6 is 0 Å². The van der Waals surface area contributed by atoms with Gasteiger partial charge >= 0.3 is 0 Å². The summed E-state index contributed by atoms with van der Waals surface area (Å²) in [6.45, 7) is 10.1. The molecule has 0 heterocycles. The molecule has 4 nitrogen and oxygen atoms in total. The lowest BCUT2D eigenvalue weighted by Crippen LogP contribution is -2.45. The van der Waals surface area contributed by atoms with Crippen LogP contribution in [0.25, 0.3) is 0 Å². The highest BCUT2D eigenvalue weighted by Crippen LogP contribution is 2.22. The van der Waals surface area contributed by atoms with Gasteiger partial charge in [0.05, 0.1) is 6.04 Å². The van der Waals surface area contributed by atoms with Crippen molar-refractivity contribution in [2.45, 2.75) is 46.7 Å². The lowest BCUT2D eigenvalue weighted by Gasteiger charge is -2.27. The Morgan fingerprint density at radius 1 is 1.30 bits per heavy atom. The molecule has 1 aromatic carbocycles. The van der Waals surface area contributed by atoms with Crippen LogP contribution in [0, 0.1) is 5.41 Å². The first-order chi connectivity index (χ1) is 9.12. The van der Waals surface area contributed by atoms with Crippen molar-refractivity contribution in [3.63, 3.8) is 0 Å². The van der Waals surface area contributed by atoms with Gasteiger partial charge in [-0.05, 0) is 37.5 Å². The number of carbonyl (C=O) groups is 1. The summed E-state index contributed by atoms with van der Waals surface area (Å²) < 4.78 is 0. The Balaban J connectivity index is 2.84. The average molecular weight is 277 g/mol. The van der Waals surface area contributed by atoms with Crippen molar-refractivity contribution in [2.24, 2.45) is 11.1 Å². The zero-order chi connectivity index (χ0) is 15.5. The Hall–Kier alpha value is -1.55. The van der Waals surface area contributed by atoms with Crippen molar-refractivity contribution in [3.05, 3.63) is 24.3 Å². The Bertz CT molecular complexity index is 463. The standard InChI is InChI=1S/C16H27N3O/c1-11(2)19(6)13-9-7-8-12(10-13)18-15(20)14(17)16(3,4)5/h7-11,14H,17H2,1-6H3,(H,18,20)/t14-/m1/s1. The summed E-state index contributed by atoms with van der Waals surface area (Å²) in [5.41, 5.74) is 7.56.